The van der Waals surface area contributed by atoms with Gasteiger partial charge in [-0.2, -0.15) is 0 Å². The van der Waals surface area contributed by atoms with E-state index in [2.05, 4.69) is 5.32 Å². The standard InChI is InChI=1S/C19H29N3O3/c1-2-25-17-8-5-15(6-9-17)7-10-18(23)22-13-3-4-16(14-22)19(24)21-12-11-20/h5-6,8-9,16H,2-4,7,10-14,20H2,1H3,(H,21,24). The van der Waals surface area contributed by atoms with E-state index in [9.17, 15) is 9.59 Å². The van der Waals surface area contributed by atoms with E-state index in [1.807, 2.05) is 36.1 Å². The van der Waals surface area contributed by atoms with Gasteiger partial charge < -0.3 is 20.7 Å². The van der Waals surface area contributed by atoms with Crippen LogP contribution in [0.25, 0.3) is 0 Å². The van der Waals surface area contributed by atoms with Crippen LogP contribution in [-0.4, -0.2) is 49.5 Å². The van der Waals surface area contributed by atoms with Crippen molar-refractivity contribution in [1.29, 1.82) is 0 Å². The Balaban J connectivity index is 1.80. The molecule has 1 heterocycles. The number of benzene rings is 1. The van der Waals surface area contributed by atoms with Crippen LogP contribution >= 0.6 is 0 Å². The lowest BCUT2D eigenvalue weighted by molar-refractivity contribution is -0.135. The summed E-state index contributed by atoms with van der Waals surface area (Å²) in [5, 5.41) is 2.82. The van der Waals surface area contributed by atoms with E-state index < -0.39 is 0 Å². The first-order chi connectivity index (χ1) is 12.1. The lowest BCUT2D eigenvalue weighted by atomic mass is 9.96. The van der Waals surface area contributed by atoms with Crippen LogP contribution in [0.5, 0.6) is 5.75 Å². The second-order valence-electron chi connectivity index (χ2n) is 6.34. The summed E-state index contributed by atoms with van der Waals surface area (Å²) in [5.41, 5.74) is 6.53. The number of hydrogen-bond acceptors (Lipinski definition) is 4. The number of likely N-dealkylation sites (tertiary alicyclic amines) is 1. The van der Waals surface area contributed by atoms with Crippen molar-refractivity contribution in [2.75, 3.05) is 32.8 Å². The SMILES string of the molecule is CCOc1ccc(CCC(=O)N2CCCC(C(=O)NCCN)C2)cc1. The van der Waals surface area contributed by atoms with Gasteiger partial charge >= 0.3 is 0 Å². The van der Waals surface area contributed by atoms with Crippen molar-refractivity contribution in [2.45, 2.75) is 32.6 Å². The quantitative estimate of drug-likeness (QED) is 0.743. The van der Waals surface area contributed by atoms with E-state index in [0.717, 1.165) is 30.7 Å². The second kappa shape index (κ2) is 10.0. The number of aryl methyl sites for hydroxylation is 1. The number of carbonyl (C=O) groups is 2. The molecule has 0 spiro atoms. The fourth-order valence-corrected chi connectivity index (χ4v) is 3.09. The highest BCUT2D eigenvalue weighted by Crippen LogP contribution is 2.19. The molecule has 0 radical (unpaired) electrons. The Morgan fingerprint density at radius 2 is 2.08 bits per heavy atom. The lowest BCUT2D eigenvalue weighted by Gasteiger charge is -2.32. The fourth-order valence-electron chi connectivity index (χ4n) is 3.09. The van der Waals surface area contributed by atoms with E-state index in [4.69, 9.17) is 10.5 Å². The maximum atomic E-state index is 12.5. The molecule has 1 fully saturated rings. The van der Waals surface area contributed by atoms with Crippen LogP contribution in [0, 0.1) is 5.92 Å². The van der Waals surface area contributed by atoms with Gasteiger partial charge in [-0.15, -0.1) is 0 Å². The monoisotopic (exact) mass is 347 g/mol. The molecule has 6 heteroatoms. The number of amides is 2. The highest BCUT2D eigenvalue weighted by Gasteiger charge is 2.27. The predicted molar refractivity (Wildman–Crippen MR) is 97.3 cm³/mol. The average molecular weight is 347 g/mol. The molecule has 1 aliphatic heterocycles. The molecule has 1 aromatic rings. The molecule has 0 aliphatic carbocycles. The summed E-state index contributed by atoms with van der Waals surface area (Å²) in [6.45, 7) is 4.77. The zero-order valence-corrected chi connectivity index (χ0v) is 15.0. The van der Waals surface area contributed by atoms with E-state index in [0.29, 0.717) is 39.1 Å². The van der Waals surface area contributed by atoms with Crippen LogP contribution < -0.4 is 15.8 Å². The van der Waals surface area contributed by atoms with Crippen LogP contribution in [0.2, 0.25) is 0 Å². The fraction of sp³-hybridized carbons (Fsp3) is 0.579. The first-order valence-corrected chi connectivity index (χ1v) is 9.11. The summed E-state index contributed by atoms with van der Waals surface area (Å²) >= 11 is 0. The molecule has 2 rings (SSSR count). The van der Waals surface area contributed by atoms with E-state index in [-0.39, 0.29) is 17.7 Å². The Morgan fingerprint density at radius 3 is 2.76 bits per heavy atom. The van der Waals surface area contributed by atoms with Crippen molar-refractivity contribution < 1.29 is 14.3 Å². The molecule has 1 aliphatic rings. The summed E-state index contributed by atoms with van der Waals surface area (Å²) in [6.07, 6.45) is 2.87. The molecule has 25 heavy (non-hydrogen) atoms. The highest BCUT2D eigenvalue weighted by molar-refractivity contribution is 5.81. The Morgan fingerprint density at radius 1 is 1.32 bits per heavy atom. The Kier molecular flexibility index (Phi) is 7.73. The minimum absolute atomic E-state index is 0.00876. The molecular weight excluding hydrogens is 318 g/mol. The van der Waals surface area contributed by atoms with Gasteiger partial charge in [0.25, 0.3) is 0 Å². The number of nitrogens with two attached hydrogens (primary N) is 1. The molecule has 6 nitrogen and oxygen atoms in total. The summed E-state index contributed by atoms with van der Waals surface area (Å²) in [6, 6.07) is 7.86. The van der Waals surface area contributed by atoms with Gasteiger partial charge in [0, 0.05) is 32.6 Å². The summed E-state index contributed by atoms with van der Waals surface area (Å²) < 4.78 is 5.42. The first kappa shape index (κ1) is 19.2. The normalized spacial score (nSPS) is 17.2. The number of ether oxygens (including phenoxy) is 1. The van der Waals surface area contributed by atoms with Crippen molar-refractivity contribution in [3.8, 4) is 5.75 Å². The molecule has 0 saturated carbocycles. The predicted octanol–water partition coefficient (Wildman–Crippen LogP) is 1.33. The molecule has 138 valence electrons. The van der Waals surface area contributed by atoms with Crippen LogP contribution in [0.15, 0.2) is 24.3 Å². The summed E-state index contributed by atoms with van der Waals surface area (Å²) in [4.78, 5) is 26.4. The minimum Gasteiger partial charge on any atom is -0.494 e. The third-order valence-electron chi connectivity index (χ3n) is 4.45. The summed E-state index contributed by atoms with van der Waals surface area (Å²) in [5.74, 6) is 0.856. The number of rotatable bonds is 8. The van der Waals surface area contributed by atoms with Crippen molar-refractivity contribution in [2.24, 2.45) is 11.7 Å². The largest absolute Gasteiger partial charge is 0.494 e. The Hall–Kier alpha value is -2.08. The highest BCUT2D eigenvalue weighted by atomic mass is 16.5. The van der Waals surface area contributed by atoms with E-state index >= 15 is 0 Å². The average Bonchev–Trinajstić information content (AvgIpc) is 2.65. The molecule has 1 atom stereocenters. The smallest absolute Gasteiger partial charge is 0.224 e. The van der Waals surface area contributed by atoms with Crippen molar-refractivity contribution in [1.82, 2.24) is 10.2 Å². The van der Waals surface area contributed by atoms with Crippen molar-refractivity contribution in [3.05, 3.63) is 29.8 Å². The number of piperidine rings is 1. The van der Waals surface area contributed by atoms with Crippen molar-refractivity contribution >= 4 is 11.8 Å². The van der Waals surface area contributed by atoms with Gasteiger partial charge in [0.15, 0.2) is 0 Å². The van der Waals surface area contributed by atoms with Crippen molar-refractivity contribution in [3.63, 3.8) is 0 Å². The van der Waals surface area contributed by atoms with Crippen LogP contribution in [-0.2, 0) is 16.0 Å². The Labute approximate surface area is 149 Å². The van der Waals surface area contributed by atoms with Gasteiger partial charge in [0.2, 0.25) is 11.8 Å². The second-order valence-corrected chi connectivity index (χ2v) is 6.34. The lowest BCUT2D eigenvalue weighted by Crippen LogP contribution is -2.46. The maximum absolute atomic E-state index is 12.5. The number of nitrogens with zero attached hydrogens (tertiary/aromatic N) is 1. The van der Waals surface area contributed by atoms with Gasteiger partial charge in [0.1, 0.15) is 5.75 Å². The molecule has 0 aromatic heterocycles. The summed E-state index contributed by atoms with van der Waals surface area (Å²) in [7, 11) is 0. The van der Waals surface area contributed by atoms with Crippen LogP contribution in [0.4, 0.5) is 0 Å². The van der Waals surface area contributed by atoms with E-state index in [1.165, 1.54) is 0 Å². The van der Waals surface area contributed by atoms with Gasteiger partial charge in [0.05, 0.1) is 12.5 Å². The molecule has 3 N–H and O–H groups in total. The molecule has 1 aromatic carbocycles. The molecule has 0 bridgehead atoms. The van der Waals surface area contributed by atoms with Gasteiger partial charge in [-0.05, 0) is 43.9 Å². The number of nitrogens with one attached hydrogen (secondary N) is 1. The Bertz CT molecular complexity index is 560. The first-order valence-electron chi connectivity index (χ1n) is 9.11. The number of carbonyl (C=O) groups excluding carboxylic acids is 2. The third-order valence-corrected chi connectivity index (χ3v) is 4.45. The minimum atomic E-state index is -0.116. The zero-order valence-electron chi connectivity index (χ0n) is 15.0. The molecule has 2 amide bonds. The third kappa shape index (κ3) is 6.05. The molecule has 1 saturated heterocycles. The molecule has 1 unspecified atom stereocenters. The van der Waals surface area contributed by atoms with E-state index in [1.54, 1.807) is 0 Å². The zero-order chi connectivity index (χ0) is 18.1. The molecular formula is C19H29N3O3. The van der Waals surface area contributed by atoms with Gasteiger partial charge in [-0.1, -0.05) is 12.1 Å². The van der Waals surface area contributed by atoms with Gasteiger partial charge in [-0.3, -0.25) is 9.59 Å². The topological polar surface area (TPSA) is 84.7 Å². The van der Waals surface area contributed by atoms with Crippen LogP contribution in [0.3, 0.4) is 0 Å². The van der Waals surface area contributed by atoms with Gasteiger partial charge in [-0.25, -0.2) is 0 Å². The van der Waals surface area contributed by atoms with Crippen LogP contribution in [0.1, 0.15) is 31.7 Å². The number of hydrogen-bond donors (Lipinski definition) is 2. The maximum Gasteiger partial charge on any atom is 0.224 e.